The first-order chi connectivity index (χ1) is 5.88. The van der Waals surface area contributed by atoms with Gasteiger partial charge in [-0.05, 0) is 12.8 Å². The van der Waals surface area contributed by atoms with Crippen molar-refractivity contribution in [1.82, 2.24) is 0 Å². The minimum absolute atomic E-state index is 0.153. The lowest BCUT2D eigenvalue weighted by molar-refractivity contribution is -0.334. The lowest BCUT2D eigenvalue weighted by atomic mass is 9.89. The van der Waals surface area contributed by atoms with Crippen LogP contribution in [0.4, 0.5) is 0 Å². The van der Waals surface area contributed by atoms with Gasteiger partial charge in [0.2, 0.25) is 0 Å². The molecule has 1 saturated carbocycles. The van der Waals surface area contributed by atoms with Crippen LogP contribution in [0, 0.1) is 5.92 Å². The highest BCUT2D eigenvalue weighted by Crippen LogP contribution is 2.32. The van der Waals surface area contributed by atoms with E-state index in [1.807, 2.05) is 0 Å². The molecule has 1 aliphatic heterocycles. The van der Waals surface area contributed by atoms with Crippen molar-refractivity contribution < 1.29 is 14.9 Å². The molecule has 0 amide bonds. The van der Waals surface area contributed by atoms with E-state index >= 15 is 0 Å². The number of aliphatic hydroxyl groups is 1. The van der Waals surface area contributed by atoms with Crippen molar-refractivity contribution in [2.24, 2.45) is 5.92 Å². The third-order valence-electron chi connectivity index (χ3n) is 2.90. The quantitative estimate of drug-likeness (QED) is 0.564. The minimum atomic E-state index is -0.673. The van der Waals surface area contributed by atoms with E-state index < -0.39 is 6.29 Å². The summed E-state index contributed by atoms with van der Waals surface area (Å²) in [6, 6.07) is 0. The summed E-state index contributed by atoms with van der Waals surface area (Å²) in [5.74, 6) is 0.227. The van der Waals surface area contributed by atoms with Gasteiger partial charge in [-0.3, -0.25) is 0 Å². The second-order valence-corrected chi connectivity index (χ2v) is 3.78. The Morgan fingerprint density at radius 1 is 0.917 bits per heavy atom. The third kappa shape index (κ3) is 1.63. The lowest BCUT2D eigenvalue weighted by Crippen LogP contribution is -2.24. The van der Waals surface area contributed by atoms with Gasteiger partial charge in [0.15, 0.2) is 6.29 Å². The molecular weight excluding hydrogens is 156 g/mol. The first-order valence-electron chi connectivity index (χ1n) is 4.88. The molecule has 0 bridgehead atoms. The SMILES string of the molecule is OC1OOC2CCCCCCC12. The smallest absolute Gasteiger partial charge is 0.194 e. The minimum Gasteiger partial charge on any atom is -0.365 e. The van der Waals surface area contributed by atoms with Gasteiger partial charge in [0.1, 0.15) is 6.10 Å². The van der Waals surface area contributed by atoms with Crippen LogP contribution in [0.1, 0.15) is 38.5 Å². The molecule has 0 aromatic carbocycles. The van der Waals surface area contributed by atoms with Crippen molar-refractivity contribution in [2.45, 2.75) is 50.9 Å². The Morgan fingerprint density at radius 3 is 2.50 bits per heavy atom. The topological polar surface area (TPSA) is 38.7 Å². The van der Waals surface area contributed by atoms with Crippen LogP contribution in [-0.2, 0) is 9.78 Å². The Balaban J connectivity index is 1.95. The standard InChI is InChI=1S/C9H16O3/c10-9-7-5-3-1-2-4-6-8(7)11-12-9/h7-10H,1-6H2. The van der Waals surface area contributed by atoms with Crippen LogP contribution in [0.2, 0.25) is 0 Å². The summed E-state index contributed by atoms with van der Waals surface area (Å²) in [6.07, 6.45) is 6.56. The molecule has 1 N–H and O–H groups in total. The highest BCUT2D eigenvalue weighted by molar-refractivity contribution is 4.77. The average molecular weight is 172 g/mol. The molecule has 2 rings (SSSR count). The van der Waals surface area contributed by atoms with Crippen LogP contribution in [-0.4, -0.2) is 17.5 Å². The Morgan fingerprint density at radius 2 is 1.67 bits per heavy atom. The lowest BCUT2D eigenvalue weighted by Gasteiger charge is -2.19. The molecule has 12 heavy (non-hydrogen) atoms. The molecule has 1 heterocycles. The fourth-order valence-corrected chi connectivity index (χ4v) is 2.12. The van der Waals surface area contributed by atoms with Crippen LogP contribution >= 0.6 is 0 Å². The summed E-state index contributed by atoms with van der Waals surface area (Å²) in [6.45, 7) is 0. The van der Waals surface area contributed by atoms with Crippen LogP contribution in [0.3, 0.4) is 0 Å². The zero-order valence-electron chi connectivity index (χ0n) is 7.24. The van der Waals surface area contributed by atoms with Crippen molar-refractivity contribution >= 4 is 0 Å². The fourth-order valence-electron chi connectivity index (χ4n) is 2.12. The van der Waals surface area contributed by atoms with Gasteiger partial charge < -0.3 is 5.11 Å². The number of aliphatic hydroxyl groups excluding tert-OH is 1. The van der Waals surface area contributed by atoms with E-state index in [-0.39, 0.29) is 12.0 Å². The molecule has 0 spiro atoms. The van der Waals surface area contributed by atoms with Crippen molar-refractivity contribution in [3.05, 3.63) is 0 Å². The second kappa shape index (κ2) is 3.73. The van der Waals surface area contributed by atoms with Gasteiger partial charge >= 0.3 is 0 Å². The molecule has 0 aromatic rings. The Labute approximate surface area is 72.6 Å². The number of rotatable bonds is 0. The summed E-state index contributed by atoms with van der Waals surface area (Å²) in [5.41, 5.74) is 0. The van der Waals surface area contributed by atoms with E-state index in [1.165, 1.54) is 25.7 Å². The average Bonchev–Trinajstić information content (AvgIpc) is 2.31. The van der Waals surface area contributed by atoms with Gasteiger partial charge in [-0.25, -0.2) is 9.78 Å². The van der Waals surface area contributed by atoms with E-state index in [0.717, 1.165) is 12.8 Å². The van der Waals surface area contributed by atoms with Gasteiger partial charge in [-0.15, -0.1) is 0 Å². The van der Waals surface area contributed by atoms with Crippen molar-refractivity contribution in [1.29, 1.82) is 0 Å². The van der Waals surface area contributed by atoms with E-state index in [1.54, 1.807) is 0 Å². The predicted octanol–water partition coefficient (Wildman–Crippen LogP) is 1.61. The molecule has 0 aromatic heterocycles. The number of hydrogen-bond donors (Lipinski definition) is 1. The van der Waals surface area contributed by atoms with E-state index in [9.17, 15) is 5.11 Å². The highest BCUT2D eigenvalue weighted by atomic mass is 17.2. The summed E-state index contributed by atoms with van der Waals surface area (Å²) in [7, 11) is 0. The van der Waals surface area contributed by atoms with Gasteiger partial charge in [-0.1, -0.05) is 25.7 Å². The van der Waals surface area contributed by atoms with Gasteiger partial charge in [0.05, 0.1) is 0 Å². The molecule has 1 aliphatic carbocycles. The molecule has 70 valence electrons. The van der Waals surface area contributed by atoms with Crippen molar-refractivity contribution in [3.63, 3.8) is 0 Å². The predicted molar refractivity (Wildman–Crippen MR) is 43.2 cm³/mol. The maximum Gasteiger partial charge on any atom is 0.194 e. The number of fused-ring (bicyclic) bond motifs is 1. The van der Waals surface area contributed by atoms with E-state index in [4.69, 9.17) is 9.78 Å². The monoisotopic (exact) mass is 172 g/mol. The molecule has 2 aliphatic rings. The first kappa shape index (κ1) is 8.48. The largest absolute Gasteiger partial charge is 0.365 e. The van der Waals surface area contributed by atoms with Gasteiger partial charge in [0, 0.05) is 5.92 Å². The third-order valence-corrected chi connectivity index (χ3v) is 2.90. The highest BCUT2D eigenvalue weighted by Gasteiger charge is 2.37. The molecule has 0 radical (unpaired) electrons. The molecule has 3 nitrogen and oxygen atoms in total. The Bertz CT molecular complexity index is 149. The van der Waals surface area contributed by atoms with Crippen molar-refractivity contribution in [3.8, 4) is 0 Å². The summed E-state index contributed by atoms with van der Waals surface area (Å²) in [5, 5.41) is 9.39. The normalized spacial score (nSPS) is 43.2. The Kier molecular flexibility index (Phi) is 2.63. The Hall–Kier alpha value is -0.120. The van der Waals surface area contributed by atoms with E-state index in [2.05, 4.69) is 0 Å². The number of hydrogen-bond acceptors (Lipinski definition) is 3. The second-order valence-electron chi connectivity index (χ2n) is 3.78. The summed E-state index contributed by atoms with van der Waals surface area (Å²) in [4.78, 5) is 9.82. The molecule has 1 saturated heterocycles. The van der Waals surface area contributed by atoms with Gasteiger partial charge in [-0.2, -0.15) is 0 Å². The maximum absolute atomic E-state index is 9.39. The maximum atomic E-state index is 9.39. The zero-order valence-corrected chi connectivity index (χ0v) is 7.24. The summed E-state index contributed by atoms with van der Waals surface area (Å²) >= 11 is 0. The first-order valence-corrected chi connectivity index (χ1v) is 4.88. The van der Waals surface area contributed by atoms with Crippen LogP contribution in [0.15, 0.2) is 0 Å². The van der Waals surface area contributed by atoms with Crippen LogP contribution in [0.5, 0.6) is 0 Å². The molecular formula is C9H16O3. The fraction of sp³-hybridized carbons (Fsp3) is 1.00. The van der Waals surface area contributed by atoms with E-state index in [0.29, 0.717) is 0 Å². The molecule has 3 atom stereocenters. The van der Waals surface area contributed by atoms with Gasteiger partial charge in [0.25, 0.3) is 0 Å². The molecule has 2 fully saturated rings. The van der Waals surface area contributed by atoms with Crippen LogP contribution < -0.4 is 0 Å². The van der Waals surface area contributed by atoms with Crippen molar-refractivity contribution in [2.75, 3.05) is 0 Å². The zero-order chi connectivity index (χ0) is 8.39. The molecule has 3 heteroatoms. The molecule has 3 unspecified atom stereocenters. The van der Waals surface area contributed by atoms with Crippen LogP contribution in [0.25, 0.3) is 0 Å². The summed E-state index contributed by atoms with van der Waals surface area (Å²) < 4.78 is 0.